The number of carbonyl (C=O) groups excluding carboxylic acids is 1. The van der Waals surface area contributed by atoms with Crippen LogP contribution in [0.4, 0.5) is 0 Å². The molecule has 4 heterocycles. The van der Waals surface area contributed by atoms with Crippen molar-refractivity contribution in [1.82, 2.24) is 19.2 Å². The lowest BCUT2D eigenvalue weighted by Crippen LogP contribution is -2.52. The van der Waals surface area contributed by atoms with Crippen molar-refractivity contribution in [3.05, 3.63) is 71.7 Å². The fourth-order valence-electron chi connectivity index (χ4n) is 4.85. The van der Waals surface area contributed by atoms with Gasteiger partial charge in [0, 0.05) is 38.6 Å². The molecule has 0 bridgehead atoms. The van der Waals surface area contributed by atoms with Crippen molar-refractivity contribution in [2.75, 3.05) is 32.8 Å². The zero-order chi connectivity index (χ0) is 22.1. The lowest BCUT2D eigenvalue weighted by Gasteiger charge is -2.43. The maximum absolute atomic E-state index is 13.7. The second-order valence-corrected chi connectivity index (χ2v) is 8.89. The number of carbonyl (C=O) groups is 1. The van der Waals surface area contributed by atoms with E-state index in [2.05, 4.69) is 22.0 Å². The predicted octanol–water partition coefficient (Wildman–Crippen LogP) is 2.68. The number of amides is 1. The number of aliphatic hydroxyl groups is 1. The maximum Gasteiger partial charge on any atom is 0.274 e. The quantitative estimate of drug-likeness (QED) is 0.684. The Morgan fingerprint density at radius 1 is 1.16 bits per heavy atom. The summed E-state index contributed by atoms with van der Waals surface area (Å²) in [4.78, 5) is 22.6. The number of piperidine rings is 1. The highest BCUT2D eigenvalue weighted by Gasteiger charge is 2.38. The Labute approximate surface area is 188 Å². The van der Waals surface area contributed by atoms with Crippen LogP contribution in [0.25, 0.3) is 5.65 Å². The number of aryl methyl sites for hydroxylation is 1. The Hall–Kier alpha value is -2.74. The van der Waals surface area contributed by atoms with Gasteiger partial charge in [-0.15, -0.1) is 0 Å². The van der Waals surface area contributed by atoms with Crippen molar-refractivity contribution in [3.63, 3.8) is 0 Å². The molecule has 7 nitrogen and oxygen atoms in total. The third-order valence-corrected chi connectivity index (χ3v) is 6.58. The molecule has 32 heavy (non-hydrogen) atoms. The standard InChI is InChI=1S/C25H30N4O3/c1-18-7-12-28-16-21(26-23(28)15-18)25(31)29-13-14-32-22(17-27-10-8-20(30)9-11-27)24(29)19-5-3-2-4-6-19/h2-7,12,15-16,20,22,24,30H,8-11,13-14,17H2,1H3/t22-,24-/m0/s1. The molecule has 2 aliphatic heterocycles. The van der Waals surface area contributed by atoms with Gasteiger partial charge in [-0.25, -0.2) is 4.98 Å². The summed E-state index contributed by atoms with van der Waals surface area (Å²) in [5.74, 6) is -0.0671. The fourth-order valence-corrected chi connectivity index (χ4v) is 4.85. The number of aromatic nitrogens is 2. The van der Waals surface area contributed by atoms with Gasteiger partial charge in [0.1, 0.15) is 11.3 Å². The lowest BCUT2D eigenvalue weighted by molar-refractivity contribution is -0.0771. The van der Waals surface area contributed by atoms with E-state index in [0.717, 1.165) is 49.2 Å². The maximum atomic E-state index is 13.7. The number of imidazole rings is 1. The van der Waals surface area contributed by atoms with E-state index in [1.165, 1.54) is 0 Å². The summed E-state index contributed by atoms with van der Waals surface area (Å²) in [7, 11) is 0. The highest BCUT2D eigenvalue weighted by molar-refractivity contribution is 5.93. The van der Waals surface area contributed by atoms with Crippen molar-refractivity contribution in [2.24, 2.45) is 0 Å². The van der Waals surface area contributed by atoms with Crippen molar-refractivity contribution < 1.29 is 14.6 Å². The molecule has 0 radical (unpaired) electrons. The number of hydrogen-bond donors (Lipinski definition) is 1. The van der Waals surface area contributed by atoms with E-state index in [4.69, 9.17) is 4.74 Å². The molecule has 2 saturated heterocycles. The summed E-state index contributed by atoms with van der Waals surface area (Å²) in [5.41, 5.74) is 3.42. The first-order valence-electron chi connectivity index (χ1n) is 11.4. The third kappa shape index (κ3) is 4.28. The van der Waals surface area contributed by atoms with Crippen molar-refractivity contribution in [1.29, 1.82) is 0 Å². The van der Waals surface area contributed by atoms with Crippen LogP contribution in [-0.4, -0.2) is 75.2 Å². The molecular weight excluding hydrogens is 404 g/mol. The molecule has 7 heteroatoms. The molecule has 3 aromatic rings. The van der Waals surface area contributed by atoms with E-state index in [1.807, 2.05) is 58.9 Å². The number of nitrogens with zero attached hydrogens (tertiary/aromatic N) is 4. The van der Waals surface area contributed by atoms with Crippen LogP contribution in [0.5, 0.6) is 0 Å². The van der Waals surface area contributed by atoms with Crippen LogP contribution in [0.3, 0.4) is 0 Å². The molecule has 2 aliphatic rings. The highest BCUT2D eigenvalue weighted by Crippen LogP contribution is 2.32. The Balaban J connectivity index is 1.44. The van der Waals surface area contributed by atoms with Gasteiger partial charge in [-0.3, -0.25) is 4.79 Å². The smallest absolute Gasteiger partial charge is 0.274 e. The number of hydrogen-bond acceptors (Lipinski definition) is 5. The van der Waals surface area contributed by atoms with Gasteiger partial charge >= 0.3 is 0 Å². The summed E-state index contributed by atoms with van der Waals surface area (Å²) in [6.45, 7) is 5.49. The number of rotatable bonds is 4. The number of benzene rings is 1. The Bertz CT molecular complexity index is 1080. The van der Waals surface area contributed by atoms with Gasteiger partial charge in [-0.1, -0.05) is 30.3 Å². The second-order valence-electron chi connectivity index (χ2n) is 8.89. The predicted molar refractivity (Wildman–Crippen MR) is 122 cm³/mol. The summed E-state index contributed by atoms with van der Waals surface area (Å²) in [6, 6.07) is 14.0. The fraction of sp³-hybridized carbons (Fsp3) is 0.440. The molecular formula is C25H30N4O3. The van der Waals surface area contributed by atoms with Gasteiger partial charge in [-0.2, -0.15) is 0 Å². The lowest BCUT2D eigenvalue weighted by atomic mass is 9.96. The van der Waals surface area contributed by atoms with Crippen LogP contribution in [0.1, 0.15) is 40.5 Å². The first kappa shape index (κ1) is 21.1. The average Bonchev–Trinajstić information content (AvgIpc) is 3.24. The largest absolute Gasteiger partial charge is 0.393 e. The minimum Gasteiger partial charge on any atom is -0.393 e. The van der Waals surface area contributed by atoms with Crippen molar-refractivity contribution >= 4 is 11.6 Å². The van der Waals surface area contributed by atoms with Gasteiger partial charge in [-0.05, 0) is 43.0 Å². The van der Waals surface area contributed by atoms with Crippen LogP contribution in [0, 0.1) is 6.92 Å². The molecule has 1 amide bonds. The van der Waals surface area contributed by atoms with Crippen LogP contribution >= 0.6 is 0 Å². The Morgan fingerprint density at radius 2 is 1.94 bits per heavy atom. The van der Waals surface area contributed by atoms with E-state index in [1.54, 1.807) is 0 Å². The van der Waals surface area contributed by atoms with E-state index in [9.17, 15) is 9.90 Å². The van der Waals surface area contributed by atoms with Crippen LogP contribution in [0.2, 0.25) is 0 Å². The van der Waals surface area contributed by atoms with Crippen molar-refractivity contribution in [3.8, 4) is 0 Å². The van der Waals surface area contributed by atoms with E-state index < -0.39 is 0 Å². The van der Waals surface area contributed by atoms with Crippen LogP contribution in [-0.2, 0) is 4.74 Å². The first-order valence-corrected chi connectivity index (χ1v) is 11.4. The Morgan fingerprint density at radius 3 is 2.72 bits per heavy atom. The van der Waals surface area contributed by atoms with Gasteiger partial charge in [0.25, 0.3) is 5.91 Å². The minimum absolute atomic E-state index is 0.0671. The van der Waals surface area contributed by atoms with Crippen LogP contribution in [0.15, 0.2) is 54.9 Å². The van der Waals surface area contributed by atoms with Gasteiger partial charge in [0.15, 0.2) is 0 Å². The van der Waals surface area contributed by atoms with E-state index in [0.29, 0.717) is 18.8 Å². The number of ether oxygens (including phenoxy) is 1. The first-order chi connectivity index (χ1) is 15.6. The summed E-state index contributed by atoms with van der Waals surface area (Å²) < 4.78 is 8.14. The normalized spacial score (nSPS) is 23.0. The average molecular weight is 435 g/mol. The van der Waals surface area contributed by atoms with E-state index >= 15 is 0 Å². The molecule has 0 saturated carbocycles. The highest BCUT2D eigenvalue weighted by atomic mass is 16.5. The van der Waals surface area contributed by atoms with Gasteiger partial charge < -0.3 is 24.0 Å². The molecule has 2 fully saturated rings. The van der Waals surface area contributed by atoms with Gasteiger partial charge in [0.2, 0.25) is 0 Å². The van der Waals surface area contributed by atoms with E-state index in [-0.39, 0.29) is 24.2 Å². The number of fused-ring (bicyclic) bond motifs is 1. The summed E-state index contributed by atoms with van der Waals surface area (Å²) in [6.07, 6.45) is 4.98. The number of aliphatic hydroxyl groups excluding tert-OH is 1. The van der Waals surface area contributed by atoms with Crippen LogP contribution < -0.4 is 0 Å². The zero-order valence-electron chi connectivity index (χ0n) is 18.4. The molecule has 0 unspecified atom stereocenters. The number of likely N-dealkylation sites (tertiary alicyclic amines) is 1. The molecule has 0 spiro atoms. The number of pyridine rings is 1. The molecule has 2 aromatic heterocycles. The monoisotopic (exact) mass is 434 g/mol. The molecule has 168 valence electrons. The molecule has 5 rings (SSSR count). The number of morpholine rings is 1. The summed E-state index contributed by atoms with van der Waals surface area (Å²) in [5, 5.41) is 9.86. The SMILES string of the molecule is Cc1ccn2cc(C(=O)N3CCO[C@@H](CN4CCC(O)CC4)[C@@H]3c3ccccc3)nc2c1. The molecule has 2 atom stereocenters. The third-order valence-electron chi connectivity index (χ3n) is 6.58. The molecule has 1 aromatic carbocycles. The minimum atomic E-state index is -0.208. The summed E-state index contributed by atoms with van der Waals surface area (Å²) >= 11 is 0. The van der Waals surface area contributed by atoms with Crippen molar-refractivity contribution in [2.45, 2.75) is 38.0 Å². The second kappa shape index (κ2) is 9.02. The molecule has 0 aliphatic carbocycles. The topological polar surface area (TPSA) is 70.3 Å². The zero-order valence-corrected chi connectivity index (χ0v) is 18.4. The molecule has 1 N–H and O–H groups in total. The Kier molecular flexibility index (Phi) is 5.95. The van der Waals surface area contributed by atoms with Gasteiger partial charge in [0.05, 0.1) is 24.9 Å².